The molecule has 0 fully saturated rings. The fraction of sp³-hybridized carbons (Fsp3) is 0.120. The average molecular weight is 469 g/mol. The third-order valence-electron chi connectivity index (χ3n) is 5.13. The lowest BCUT2D eigenvalue weighted by molar-refractivity contribution is -0.0886. The largest absolute Gasteiger partial charge is 0.488 e. The van der Waals surface area contributed by atoms with Gasteiger partial charge in [-0.1, -0.05) is 54.6 Å². The number of hydrogen-bond donors (Lipinski definition) is 1. The molecule has 0 unspecified atom stereocenters. The van der Waals surface area contributed by atoms with E-state index < -0.39 is 23.5 Å². The molecule has 4 rings (SSSR count). The maximum absolute atomic E-state index is 12.9. The third-order valence-corrected chi connectivity index (χ3v) is 5.13. The number of carboxylic acids is 1. The highest BCUT2D eigenvalue weighted by molar-refractivity contribution is 6.02. The summed E-state index contributed by atoms with van der Waals surface area (Å²) in [4.78, 5) is 29.2. The van der Waals surface area contributed by atoms with Crippen LogP contribution < -0.4 is 9.57 Å². The van der Waals surface area contributed by atoms with E-state index in [2.05, 4.69) is 0 Å². The molecule has 6 nitrogen and oxygen atoms in total. The van der Waals surface area contributed by atoms with Gasteiger partial charge >= 0.3 is 12.1 Å². The zero-order chi connectivity index (χ0) is 24.3. The number of ketones is 1. The summed E-state index contributed by atoms with van der Waals surface area (Å²) in [5.41, 5.74) is 1.19. The second kappa shape index (κ2) is 9.30. The van der Waals surface area contributed by atoms with Crippen LogP contribution in [-0.2, 0) is 13.2 Å². The van der Waals surface area contributed by atoms with Gasteiger partial charge in [-0.05, 0) is 35.4 Å². The molecule has 0 aliphatic carbocycles. The van der Waals surface area contributed by atoms with E-state index >= 15 is 0 Å². The molecule has 0 radical (unpaired) electrons. The minimum atomic E-state index is -5.02. The molecule has 9 heteroatoms. The van der Waals surface area contributed by atoms with Gasteiger partial charge in [-0.25, -0.2) is 4.79 Å². The standard InChI is InChI=1S/C25H18F3NO5/c26-25(27,28)23(30)19-10-4-6-12-22(19)33-14-17-8-1-2-9-18(17)15-34-29-20-11-5-3-7-16(20)13-21(29)24(31)32/h1-13H,14-15H2,(H,31,32). The molecule has 4 aromatic rings. The Morgan fingerprint density at radius 3 is 2.18 bits per heavy atom. The Morgan fingerprint density at radius 1 is 0.853 bits per heavy atom. The van der Waals surface area contributed by atoms with Crippen molar-refractivity contribution in [2.24, 2.45) is 0 Å². The molecule has 3 aromatic carbocycles. The highest BCUT2D eigenvalue weighted by Crippen LogP contribution is 2.28. The smallest absolute Gasteiger partial charge is 0.455 e. The van der Waals surface area contributed by atoms with Crippen molar-refractivity contribution in [3.05, 3.63) is 101 Å². The van der Waals surface area contributed by atoms with Gasteiger partial charge in [0.2, 0.25) is 0 Å². The third kappa shape index (κ3) is 4.73. The number of alkyl halides is 3. The van der Waals surface area contributed by atoms with E-state index in [1.807, 2.05) is 0 Å². The molecule has 1 heterocycles. The summed E-state index contributed by atoms with van der Waals surface area (Å²) in [6.07, 6.45) is -5.02. The van der Waals surface area contributed by atoms with Gasteiger partial charge in [0.1, 0.15) is 19.0 Å². The summed E-state index contributed by atoms with van der Waals surface area (Å²) in [6, 6.07) is 20.6. The van der Waals surface area contributed by atoms with E-state index in [0.29, 0.717) is 22.0 Å². The number of rotatable bonds is 8. The molecule has 0 aliphatic rings. The zero-order valence-corrected chi connectivity index (χ0v) is 17.6. The van der Waals surface area contributed by atoms with Crippen molar-refractivity contribution in [2.75, 3.05) is 0 Å². The van der Waals surface area contributed by atoms with E-state index in [0.717, 1.165) is 6.07 Å². The second-order valence-corrected chi connectivity index (χ2v) is 7.34. The number of ether oxygens (including phenoxy) is 1. The molecular weight excluding hydrogens is 451 g/mol. The number of Topliss-reactive ketones (excluding diaryl/α,β-unsaturated/α-hetero) is 1. The number of benzene rings is 3. The van der Waals surface area contributed by atoms with Crippen LogP contribution in [0.1, 0.15) is 32.0 Å². The van der Waals surface area contributed by atoms with Crippen LogP contribution in [0.4, 0.5) is 13.2 Å². The van der Waals surface area contributed by atoms with E-state index in [1.54, 1.807) is 48.5 Å². The van der Waals surface area contributed by atoms with Crippen LogP contribution in [0.15, 0.2) is 78.9 Å². The Labute approximate surface area is 191 Å². The van der Waals surface area contributed by atoms with Crippen LogP contribution in [0.25, 0.3) is 10.9 Å². The lowest BCUT2D eigenvalue weighted by atomic mass is 10.1. The molecule has 174 valence electrons. The highest BCUT2D eigenvalue weighted by atomic mass is 19.4. The number of carboxylic acid groups (broad SMARTS) is 1. The molecule has 0 saturated heterocycles. The Hall–Kier alpha value is -4.27. The Balaban J connectivity index is 1.55. The summed E-state index contributed by atoms with van der Waals surface area (Å²) in [5.74, 6) is -3.33. The first kappa shape index (κ1) is 22.9. The zero-order valence-electron chi connectivity index (χ0n) is 17.6. The number of halogens is 3. The number of aromatic nitrogens is 1. The first-order valence-corrected chi connectivity index (χ1v) is 10.1. The van der Waals surface area contributed by atoms with Gasteiger partial charge < -0.3 is 14.7 Å². The van der Waals surface area contributed by atoms with E-state index in [9.17, 15) is 27.9 Å². The first-order chi connectivity index (χ1) is 16.3. The molecule has 0 amide bonds. The normalized spacial score (nSPS) is 11.4. The molecule has 0 atom stereocenters. The summed E-state index contributed by atoms with van der Waals surface area (Å²) in [7, 11) is 0. The van der Waals surface area contributed by atoms with Gasteiger partial charge in [0, 0.05) is 5.39 Å². The lowest BCUT2D eigenvalue weighted by Crippen LogP contribution is -2.23. The van der Waals surface area contributed by atoms with Gasteiger partial charge in [0.25, 0.3) is 5.78 Å². The van der Waals surface area contributed by atoms with Crippen LogP contribution in [0.2, 0.25) is 0 Å². The molecule has 1 aromatic heterocycles. The van der Waals surface area contributed by atoms with Crippen molar-refractivity contribution in [3.8, 4) is 5.75 Å². The highest BCUT2D eigenvalue weighted by Gasteiger charge is 2.40. The maximum Gasteiger partial charge on any atom is 0.455 e. The number of fused-ring (bicyclic) bond motifs is 1. The van der Waals surface area contributed by atoms with E-state index in [4.69, 9.17) is 9.57 Å². The van der Waals surface area contributed by atoms with Crippen molar-refractivity contribution < 1.29 is 37.4 Å². The minimum Gasteiger partial charge on any atom is -0.488 e. The summed E-state index contributed by atoms with van der Waals surface area (Å²) in [5, 5.41) is 10.2. The summed E-state index contributed by atoms with van der Waals surface area (Å²) >= 11 is 0. The predicted octanol–water partition coefficient (Wildman–Crippen LogP) is 5.29. The van der Waals surface area contributed by atoms with Gasteiger partial charge in [-0.3, -0.25) is 4.79 Å². The SMILES string of the molecule is O=C(O)c1cc2ccccc2n1OCc1ccccc1COc1ccccc1C(=O)C(F)(F)F. The first-order valence-electron chi connectivity index (χ1n) is 10.1. The Morgan fingerprint density at radius 2 is 1.47 bits per heavy atom. The quantitative estimate of drug-likeness (QED) is 0.355. The van der Waals surface area contributed by atoms with Gasteiger partial charge in [0.15, 0.2) is 5.69 Å². The topological polar surface area (TPSA) is 77.8 Å². The summed E-state index contributed by atoms with van der Waals surface area (Å²) in [6.45, 7) is -0.151. The van der Waals surface area contributed by atoms with Crippen LogP contribution in [-0.4, -0.2) is 27.8 Å². The van der Waals surface area contributed by atoms with Crippen LogP contribution >= 0.6 is 0 Å². The van der Waals surface area contributed by atoms with Crippen molar-refractivity contribution in [1.29, 1.82) is 0 Å². The fourth-order valence-corrected chi connectivity index (χ4v) is 3.48. The number of carbonyl (C=O) groups excluding carboxylic acids is 1. The molecule has 34 heavy (non-hydrogen) atoms. The van der Waals surface area contributed by atoms with Crippen molar-refractivity contribution >= 4 is 22.7 Å². The number of nitrogens with zero attached hydrogens (tertiary/aromatic N) is 1. The average Bonchev–Trinajstić information content (AvgIpc) is 3.20. The molecule has 0 bridgehead atoms. The molecule has 1 N–H and O–H groups in total. The number of carbonyl (C=O) groups is 2. The Bertz CT molecular complexity index is 1360. The van der Waals surface area contributed by atoms with Crippen molar-refractivity contribution in [3.63, 3.8) is 0 Å². The summed E-state index contributed by atoms with van der Waals surface area (Å²) < 4.78 is 45.5. The minimum absolute atomic E-state index is 0.0262. The van der Waals surface area contributed by atoms with E-state index in [-0.39, 0.29) is 24.7 Å². The lowest BCUT2D eigenvalue weighted by Gasteiger charge is -2.15. The van der Waals surface area contributed by atoms with Gasteiger partial charge in [-0.15, -0.1) is 0 Å². The van der Waals surface area contributed by atoms with Crippen molar-refractivity contribution in [2.45, 2.75) is 19.4 Å². The predicted molar refractivity (Wildman–Crippen MR) is 117 cm³/mol. The fourth-order valence-electron chi connectivity index (χ4n) is 3.48. The van der Waals surface area contributed by atoms with Gasteiger partial charge in [-0.2, -0.15) is 17.9 Å². The Kier molecular flexibility index (Phi) is 6.27. The molecule has 0 spiro atoms. The number of aromatic carboxylic acids is 1. The molecular formula is C25H18F3NO5. The van der Waals surface area contributed by atoms with Gasteiger partial charge in [0.05, 0.1) is 11.1 Å². The van der Waals surface area contributed by atoms with Crippen LogP contribution in [0.5, 0.6) is 5.75 Å². The van der Waals surface area contributed by atoms with Crippen LogP contribution in [0.3, 0.4) is 0 Å². The second-order valence-electron chi connectivity index (χ2n) is 7.34. The number of para-hydroxylation sites is 2. The monoisotopic (exact) mass is 469 g/mol. The molecule has 0 aliphatic heterocycles. The molecule has 0 saturated carbocycles. The number of hydrogen-bond acceptors (Lipinski definition) is 4. The van der Waals surface area contributed by atoms with Crippen molar-refractivity contribution in [1.82, 2.24) is 4.73 Å². The van der Waals surface area contributed by atoms with Crippen LogP contribution in [0, 0.1) is 0 Å². The van der Waals surface area contributed by atoms with E-state index in [1.165, 1.54) is 29.0 Å². The maximum atomic E-state index is 12.9.